The summed E-state index contributed by atoms with van der Waals surface area (Å²) in [5.41, 5.74) is 6.54. The maximum Gasteiger partial charge on any atom is 0.225 e. The Labute approximate surface area is 171 Å². The molecular weight excluding hydrogens is 376 g/mol. The summed E-state index contributed by atoms with van der Waals surface area (Å²) in [6.45, 7) is 7.97. The van der Waals surface area contributed by atoms with Crippen LogP contribution in [0.25, 0.3) is 0 Å². The Morgan fingerprint density at radius 2 is 1.97 bits per heavy atom. The number of benzene rings is 1. The summed E-state index contributed by atoms with van der Waals surface area (Å²) < 4.78 is 33.6. The van der Waals surface area contributed by atoms with E-state index < -0.39 is 17.7 Å². The van der Waals surface area contributed by atoms with Crippen LogP contribution in [-0.2, 0) is 9.53 Å². The normalized spacial score (nSPS) is 33.2. The zero-order valence-corrected chi connectivity index (χ0v) is 17.2. The number of nitrogens with two attached hydrogens (primary N) is 1. The van der Waals surface area contributed by atoms with Crippen LogP contribution in [0.3, 0.4) is 0 Å². The van der Waals surface area contributed by atoms with Crippen molar-refractivity contribution in [3.05, 3.63) is 35.4 Å². The summed E-state index contributed by atoms with van der Waals surface area (Å²) in [4.78, 5) is 16.8. The van der Waals surface area contributed by atoms with Gasteiger partial charge in [0.15, 0.2) is 0 Å². The molecule has 3 aliphatic heterocycles. The highest BCUT2D eigenvalue weighted by Gasteiger charge is 2.43. The lowest BCUT2D eigenvalue weighted by atomic mass is 9.88. The van der Waals surface area contributed by atoms with E-state index in [1.54, 1.807) is 0 Å². The van der Waals surface area contributed by atoms with Crippen molar-refractivity contribution >= 4 is 5.91 Å². The van der Waals surface area contributed by atoms with Crippen LogP contribution < -0.4 is 5.73 Å². The minimum absolute atomic E-state index is 0.0361. The van der Waals surface area contributed by atoms with E-state index >= 15 is 0 Å². The van der Waals surface area contributed by atoms with Gasteiger partial charge in [0.25, 0.3) is 0 Å². The average molecular weight is 408 g/mol. The summed E-state index contributed by atoms with van der Waals surface area (Å²) in [6, 6.07) is 3.21. The monoisotopic (exact) mass is 407 g/mol. The molecule has 4 rings (SSSR count). The molecule has 0 spiro atoms. The molecular formula is C22H31F2N3O2. The first-order valence-corrected chi connectivity index (χ1v) is 10.7. The third-order valence-electron chi connectivity index (χ3n) is 6.82. The van der Waals surface area contributed by atoms with Gasteiger partial charge in [0.1, 0.15) is 17.7 Å². The zero-order chi connectivity index (χ0) is 20.7. The number of fused-ring (bicyclic) bond motifs is 1. The molecule has 2 N–H and O–H groups in total. The number of nitrogens with zero attached hydrogens (tertiary/aromatic N) is 2. The molecule has 5 atom stereocenters. The van der Waals surface area contributed by atoms with Crippen LogP contribution in [0.1, 0.15) is 38.4 Å². The van der Waals surface area contributed by atoms with Gasteiger partial charge in [-0.1, -0.05) is 13.8 Å². The summed E-state index contributed by atoms with van der Waals surface area (Å²) in [5.74, 6) is 0.400. The van der Waals surface area contributed by atoms with Crippen molar-refractivity contribution in [3.63, 3.8) is 0 Å². The number of amides is 1. The Morgan fingerprint density at radius 1 is 1.21 bits per heavy atom. The summed E-state index contributed by atoms with van der Waals surface area (Å²) in [7, 11) is 0. The third kappa shape index (κ3) is 4.18. The lowest BCUT2D eigenvalue weighted by molar-refractivity contribution is -0.136. The first kappa shape index (κ1) is 20.7. The largest absolute Gasteiger partial charge is 0.370 e. The van der Waals surface area contributed by atoms with Crippen molar-refractivity contribution in [2.24, 2.45) is 23.5 Å². The van der Waals surface area contributed by atoms with Gasteiger partial charge in [-0.2, -0.15) is 0 Å². The molecule has 3 saturated heterocycles. The zero-order valence-electron chi connectivity index (χ0n) is 17.2. The summed E-state index contributed by atoms with van der Waals surface area (Å²) in [6.07, 6.45) is 1.11. The Balaban J connectivity index is 1.37. The second kappa shape index (κ2) is 8.28. The Bertz CT molecular complexity index is 760. The van der Waals surface area contributed by atoms with E-state index in [2.05, 4.69) is 4.90 Å². The van der Waals surface area contributed by atoms with Crippen molar-refractivity contribution in [3.8, 4) is 0 Å². The highest BCUT2D eigenvalue weighted by molar-refractivity contribution is 5.78. The van der Waals surface area contributed by atoms with E-state index in [0.29, 0.717) is 24.9 Å². The van der Waals surface area contributed by atoms with Crippen molar-refractivity contribution < 1.29 is 18.3 Å². The summed E-state index contributed by atoms with van der Waals surface area (Å²) >= 11 is 0. The van der Waals surface area contributed by atoms with E-state index in [0.717, 1.165) is 44.7 Å². The van der Waals surface area contributed by atoms with Gasteiger partial charge >= 0.3 is 0 Å². The molecule has 3 aliphatic rings. The minimum atomic E-state index is -0.619. The summed E-state index contributed by atoms with van der Waals surface area (Å²) in [5, 5.41) is 0. The Hall–Kier alpha value is -1.57. The van der Waals surface area contributed by atoms with Crippen molar-refractivity contribution in [1.82, 2.24) is 9.80 Å². The molecule has 3 heterocycles. The number of piperidine rings is 1. The second-order valence-corrected chi connectivity index (χ2v) is 9.17. The van der Waals surface area contributed by atoms with E-state index in [4.69, 9.17) is 10.5 Å². The Kier molecular flexibility index (Phi) is 5.91. The maximum atomic E-state index is 14.1. The van der Waals surface area contributed by atoms with Gasteiger partial charge in [-0.25, -0.2) is 8.78 Å². The molecule has 0 bridgehead atoms. The predicted molar refractivity (Wildman–Crippen MR) is 106 cm³/mol. The lowest BCUT2D eigenvalue weighted by Gasteiger charge is -2.39. The molecule has 0 saturated carbocycles. The van der Waals surface area contributed by atoms with Crippen LogP contribution in [0.2, 0.25) is 0 Å². The molecule has 0 aromatic heterocycles. The smallest absolute Gasteiger partial charge is 0.225 e. The molecule has 0 aliphatic carbocycles. The van der Waals surface area contributed by atoms with Crippen molar-refractivity contribution in [2.75, 3.05) is 32.8 Å². The topological polar surface area (TPSA) is 58.8 Å². The molecule has 0 radical (unpaired) electrons. The fourth-order valence-corrected chi connectivity index (χ4v) is 5.22. The van der Waals surface area contributed by atoms with Crippen LogP contribution in [-0.4, -0.2) is 60.6 Å². The fraction of sp³-hybridized carbons (Fsp3) is 0.682. The van der Waals surface area contributed by atoms with Crippen LogP contribution in [0.15, 0.2) is 18.2 Å². The van der Waals surface area contributed by atoms with E-state index in [-0.39, 0.29) is 29.5 Å². The number of hydrogen-bond donors (Lipinski definition) is 1. The van der Waals surface area contributed by atoms with Gasteiger partial charge < -0.3 is 15.4 Å². The minimum Gasteiger partial charge on any atom is -0.370 e. The fourth-order valence-electron chi connectivity index (χ4n) is 5.22. The molecule has 1 aromatic rings. The molecule has 2 unspecified atom stereocenters. The van der Waals surface area contributed by atoms with Gasteiger partial charge in [0.05, 0.1) is 6.61 Å². The molecule has 160 valence electrons. The van der Waals surface area contributed by atoms with E-state index in [1.165, 1.54) is 6.07 Å². The van der Waals surface area contributed by atoms with Crippen LogP contribution in [0, 0.1) is 29.4 Å². The maximum absolute atomic E-state index is 14.1. The van der Waals surface area contributed by atoms with Gasteiger partial charge in [-0.05, 0) is 42.9 Å². The number of rotatable bonds is 3. The first-order chi connectivity index (χ1) is 13.8. The Morgan fingerprint density at radius 3 is 2.69 bits per heavy atom. The highest BCUT2D eigenvalue weighted by Crippen LogP contribution is 2.37. The standard InChI is InChI=1S/C22H31F2N3O2/c1-13(2)22(28)26-6-5-14-9-27(11-15(14)10-26)17-8-20(25)21(29-12-17)18-7-16(23)3-4-19(18)24/h3-4,7,13-15,17,20-21H,5-6,8-12,25H2,1-2H3/t14?,15?,17-,20+,21-/m1/s1. The molecule has 29 heavy (non-hydrogen) atoms. The molecule has 7 heteroatoms. The van der Waals surface area contributed by atoms with Crippen molar-refractivity contribution in [1.29, 1.82) is 0 Å². The lowest BCUT2D eigenvalue weighted by Crippen LogP contribution is -2.49. The van der Waals surface area contributed by atoms with Gasteiger partial charge in [-0.15, -0.1) is 0 Å². The van der Waals surface area contributed by atoms with Gasteiger partial charge in [-0.3, -0.25) is 9.69 Å². The molecule has 3 fully saturated rings. The average Bonchev–Trinajstić information content (AvgIpc) is 3.12. The van der Waals surface area contributed by atoms with Crippen LogP contribution in [0.4, 0.5) is 8.78 Å². The van der Waals surface area contributed by atoms with Gasteiger partial charge in [0.2, 0.25) is 5.91 Å². The predicted octanol–water partition coefficient (Wildman–Crippen LogP) is 2.56. The highest BCUT2D eigenvalue weighted by atomic mass is 19.1. The SMILES string of the molecule is CC(C)C(=O)N1CCC2CN([C@H]3CO[C@H](c4cc(F)ccc4F)[C@@H](N)C3)CC2C1. The van der Waals surface area contributed by atoms with E-state index in [1.807, 2.05) is 18.7 Å². The molecule has 1 amide bonds. The molecule has 5 nitrogen and oxygen atoms in total. The quantitative estimate of drug-likeness (QED) is 0.837. The van der Waals surface area contributed by atoms with Crippen LogP contribution in [0.5, 0.6) is 0 Å². The number of hydrogen-bond acceptors (Lipinski definition) is 4. The third-order valence-corrected chi connectivity index (χ3v) is 6.82. The number of carbonyl (C=O) groups excluding carboxylic acids is 1. The number of likely N-dealkylation sites (tertiary alicyclic amines) is 2. The van der Waals surface area contributed by atoms with E-state index in [9.17, 15) is 13.6 Å². The van der Waals surface area contributed by atoms with Crippen molar-refractivity contribution in [2.45, 2.75) is 44.9 Å². The second-order valence-electron chi connectivity index (χ2n) is 9.17. The van der Waals surface area contributed by atoms with Gasteiger partial charge in [0, 0.05) is 49.7 Å². The first-order valence-electron chi connectivity index (χ1n) is 10.7. The molecule has 1 aromatic carbocycles. The van der Waals surface area contributed by atoms with Crippen LogP contribution >= 0.6 is 0 Å². The number of ether oxygens (including phenoxy) is 1. The number of carbonyl (C=O) groups is 1. The number of halogens is 2.